The predicted molar refractivity (Wildman–Crippen MR) is 86.0 cm³/mol. The summed E-state index contributed by atoms with van der Waals surface area (Å²) in [6.07, 6.45) is 1.68. The third kappa shape index (κ3) is 2.64. The number of aryl methyl sites for hydroxylation is 1. The maximum atomic E-state index is 13.2. The number of anilines is 1. The first-order valence-corrected chi connectivity index (χ1v) is 7.60. The molecule has 21 heavy (non-hydrogen) atoms. The zero-order chi connectivity index (χ0) is 15.1. The van der Waals surface area contributed by atoms with E-state index in [1.807, 2.05) is 6.92 Å². The Kier molecular flexibility index (Phi) is 3.65. The fourth-order valence-electron chi connectivity index (χ4n) is 2.10. The van der Waals surface area contributed by atoms with Crippen molar-refractivity contribution in [2.24, 2.45) is 0 Å². The zero-order valence-corrected chi connectivity index (χ0v) is 13.2. The molecule has 0 saturated heterocycles. The first-order chi connectivity index (χ1) is 9.95. The van der Waals surface area contributed by atoms with Crippen LogP contribution >= 0.6 is 34.5 Å². The molecule has 2 N–H and O–H groups in total. The van der Waals surface area contributed by atoms with Crippen molar-refractivity contribution >= 4 is 40.2 Å². The average Bonchev–Trinajstić information content (AvgIpc) is 2.92. The van der Waals surface area contributed by atoms with E-state index in [2.05, 4.69) is 5.10 Å². The summed E-state index contributed by atoms with van der Waals surface area (Å²) in [6, 6.07) is 6.22. The zero-order valence-electron chi connectivity index (χ0n) is 10.9. The van der Waals surface area contributed by atoms with Crippen LogP contribution in [0.2, 0.25) is 8.67 Å². The number of halogens is 3. The molecular weight excluding hydrogens is 332 g/mol. The lowest BCUT2D eigenvalue weighted by Gasteiger charge is -2.05. The van der Waals surface area contributed by atoms with Crippen LogP contribution in [0.4, 0.5) is 10.1 Å². The number of benzene rings is 1. The number of rotatable bonds is 2. The van der Waals surface area contributed by atoms with Crippen molar-refractivity contribution in [1.82, 2.24) is 9.78 Å². The van der Waals surface area contributed by atoms with Crippen LogP contribution in [-0.2, 0) is 0 Å². The Bertz CT molecular complexity index is 826. The normalized spacial score (nSPS) is 11.0. The summed E-state index contributed by atoms with van der Waals surface area (Å²) < 4.78 is 15.9. The van der Waals surface area contributed by atoms with Crippen LogP contribution in [0.25, 0.3) is 16.9 Å². The Labute approximate surface area is 134 Å². The lowest BCUT2D eigenvalue weighted by atomic mass is 10.2. The van der Waals surface area contributed by atoms with Crippen LogP contribution in [-0.4, -0.2) is 9.78 Å². The van der Waals surface area contributed by atoms with Crippen molar-refractivity contribution in [2.45, 2.75) is 6.92 Å². The van der Waals surface area contributed by atoms with Gasteiger partial charge >= 0.3 is 0 Å². The standard InChI is InChI=1S/C14H10Cl2FN3S/c1-7-4-8(17)2-3-11(7)20-6-10(18)13(19-20)9-5-12(15)21-14(9)16/h2-6H,18H2,1H3. The fraction of sp³-hybridized carbons (Fsp3) is 0.0714. The first kappa shape index (κ1) is 14.4. The number of nitrogen functional groups attached to an aromatic ring is 1. The van der Waals surface area contributed by atoms with E-state index < -0.39 is 0 Å². The highest BCUT2D eigenvalue weighted by Gasteiger charge is 2.16. The van der Waals surface area contributed by atoms with Gasteiger partial charge in [-0.25, -0.2) is 9.07 Å². The Balaban J connectivity index is 2.11. The summed E-state index contributed by atoms with van der Waals surface area (Å²) in [4.78, 5) is 0. The molecule has 0 unspecified atom stereocenters. The van der Waals surface area contributed by atoms with E-state index in [9.17, 15) is 4.39 Å². The van der Waals surface area contributed by atoms with Crippen molar-refractivity contribution in [3.8, 4) is 16.9 Å². The van der Waals surface area contributed by atoms with Crippen molar-refractivity contribution in [1.29, 1.82) is 0 Å². The topological polar surface area (TPSA) is 43.8 Å². The Morgan fingerprint density at radius 3 is 2.67 bits per heavy atom. The molecule has 0 bridgehead atoms. The Morgan fingerprint density at radius 1 is 1.29 bits per heavy atom. The van der Waals surface area contributed by atoms with E-state index in [1.165, 1.54) is 23.5 Å². The molecule has 0 aliphatic heterocycles. The largest absolute Gasteiger partial charge is 0.396 e. The molecule has 3 aromatic rings. The summed E-state index contributed by atoms with van der Waals surface area (Å²) in [6.45, 7) is 1.81. The molecule has 0 amide bonds. The van der Waals surface area contributed by atoms with Crippen LogP contribution in [0.5, 0.6) is 0 Å². The minimum atomic E-state index is -0.288. The molecule has 3 rings (SSSR count). The highest BCUT2D eigenvalue weighted by molar-refractivity contribution is 7.20. The fourth-order valence-corrected chi connectivity index (χ4v) is 3.56. The van der Waals surface area contributed by atoms with Gasteiger partial charge < -0.3 is 5.73 Å². The Hall–Kier alpha value is -1.56. The molecule has 108 valence electrons. The number of aromatic nitrogens is 2. The van der Waals surface area contributed by atoms with Gasteiger partial charge in [-0.15, -0.1) is 11.3 Å². The average molecular weight is 342 g/mol. The van der Waals surface area contributed by atoms with Crippen molar-refractivity contribution in [3.05, 3.63) is 50.5 Å². The molecule has 0 atom stereocenters. The van der Waals surface area contributed by atoms with Crippen molar-refractivity contribution in [2.75, 3.05) is 5.73 Å². The van der Waals surface area contributed by atoms with Crippen LogP contribution in [0.3, 0.4) is 0 Å². The summed E-state index contributed by atoms with van der Waals surface area (Å²) in [7, 11) is 0. The third-order valence-corrected chi connectivity index (χ3v) is 4.55. The second kappa shape index (κ2) is 5.33. The molecule has 1 aromatic carbocycles. The highest BCUT2D eigenvalue weighted by Crippen LogP contribution is 2.39. The Morgan fingerprint density at radius 2 is 2.05 bits per heavy atom. The third-order valence-electron chi connectivity index (χ3n) is 3.06. The minimum absolute atomic E-state index is 0.288. The second-order valence-corrected chi connectivity index (χ2v) is 6.83. The van der Waals surface area contributed by atoms with Gasteiger partial charge in [-0.05, 0) is 36.8 Å². The van der Waals surface area contributed by atoms with Gasteiger partial charge in [0.2, 0.25) is 0 Å². The summed E-state index contributed by atoms with van der Waals surface area (Å²) in [5.74, 6) is -0.288. The number of nitrogens with zero attached hydrogens (tertiary/aromatic N) is 2. The van der Waals surface area contributed by atoms with Crippen LogP contribution in [0.1, 0.15) is 5.56 Å². The van der Waals surface area contributed by atoms with Gasteiger partial charge in [0, 0.05) is 5.56 Å². The number of hydrogen-bond acceptors (Lipinski definition) is 3. The summed E-state index contributed by atoms with van der Waals surface area (Å²) in [5.41, 5.74) is 9.27. The van der Waals surface area contributed by atoms with E-state index in [-0.39, 0.29) is 5.82 Å². The molecular formula is C14H10Cl2FN3S. The van der Waals surface area contributed by atoms with E-state index in [0.717, 1.165) is 11.3 Å². The summed E-state index contributed by atoms with van der Waals surface area (Å²) in [5, 5.41) is 4.45. The predicted octanol–water partition coefficient (Wildman–Crippen LogP) is 4.94. The lowest BCUT2D eigenvalue weighted by molar-refractivity contribution is 0.625. The van der Waals surface area contributed by atoms with E-state index in [4.69, 9.17) is 28.9 Å². The molecule has 2 aromatic heterocycles. The molecule has 2 heterocycles. The van der Waals surface area contributed by atoms with Gasteiger partial charge in [0.05, 0.1) is 21.9 Å². The van der Waals surface area contributed by atoms with Gasteiger partial charge in [-0.2, -0.15) is 5.10 Å². The molecule has 0 aliphatic carbocycles. The lowest BCUT2D eigenvalue weighted by Crippen LogP contribution is -1.98. The van der Waals surface area contributed by atoms with Crippen LogP contribution < -0.4 is 5.73 Å². The van der Waals surface area contributed by atoms with Gasteiger partial charge in [0.15, 0.2) is 0 Å². The molecule has 7 heteroatoms. The maximum Gasteiger partial charge on any atom is 0.123 e. The van der Waals surface area contributed by atoms with Crippen molar-refractivity contribution in [3.63, 3.8) is 0 Å². The highest BCUT2D eigenvalue weighted by atomic mass is 35.5. The van der Waals surface area contributed by atoms with E-state index in [1.54, 1.807) is 23.0 Å². The van der Waals surface area contributed by atoms with E-state index >= 15 is 0 Å². The first-order valence-electron chi connectivity index (χ1n) is 6.02. The smallest absolute Gasteiger partial charge is 0.123 e. The van der Waals surface area contributed by atoms with Crippen LogP contribution in [0.15, 0.2) is 30.5 Å². The molecule has 0 fully saturated rings. The van der Waals surface area contributed by atoms with Crippen molar-refractivity contribution < 1.29 is 4.39 Å². The second-order valence-electron chi connectivity index (χ2n) is 4.55. The number of hydrogen-bond donors (Lipinski definition) is 1. The monoisotopic (exact) mass is 341 g/mol. The molecule has 3 nitrogen and oxygen atoms in total. The van der Waals surface area contributed by atoms with Gasteiger partial charge in [-0.1, -0.05) is 23.2 Å². The molecule has 0 radical (unpaired) electrons. The quantitative estimate of drug-likeness (QED) is 0.717. The number of nitrogens with two attached hydrogens (primary N) is 1. The molecule has 0 spiro atoms. The molecule has 0 aliphatic rings. The SMILES string of the molecule is Cc1cc(F)ccc1-n1cc(N)c(-c2cc(Cl)sc2Cl)n1. The van der Waals surface area contributed by atoms with Gasteiger partial charge in [0.25, 0.3) is 0 Å². The summed E-state index contributed by atoms with van der Waals surface area (Å²) >= 11 is 13.3. The van der Waals surface area contributed by atoms with Gasteiger partial charge in [-0.3, -0.25) is 0 Å². The van der Waals surface area contributed by atoms with E-state index in [0.29, 0.717) is 25.6 Å². The molecule has 0 saturated carbocycles. The minimum Gasteiger partial charge on any atom is -0.396 e. The van der Waals surface area contributed by atoms with Crippen LogP contribution in [0, 0.1) is 12.7 Å². The maximum absolute atomic E-state index is 13.2. The number of thiophene rings is 1. The van der Waals surface area contributed by atoms with Gasteiger partial charge in [0.1, 0.15) is 15.8 Å².